The van der Waals surface area contributed by atoms with Gasteiger partial charge in [0, 0.05) is 25.4 Å². The summed E-state index contributed by atoms with van der Waals surface area (Å²) in [5.74, 6) is 2.71. The number of carbonyl (C=O) groups excluding carboxylic acids is 1. The number of ether oxygens (including phenoxy) is 2. The third-order valence-electron chi connectivity index (χ3n) is 6.42. The molecule has 4 aromatic rings. The summed E-state index contributed by atoms with van der Waals surface area (Å²) in [6, 6.07) is 23.3. The van der Waals surface area contributed by atoms with Gasteiger partial charge in [-0.1, -0.05) is 35.9 Å². The normalized spacial score (nSPS) is 15.7. The van der Waals surface area contributed by atoms with Crippen molar-refractivity contribution in [3.8, 4) is 11.5 Å². The Morgan fingerprint density at radius 2 is 1.71 bits per heavy atom. The molecule has 1 fully saturated rings. The van der Waals surface area contributed by atoms with E-state index in [1.165, 1.54) is 0 Å². The summed E-state index contributed by atoms with van der Waals surface area (Å²) < 4.78 is 13.4. The van der Waals surface area contributed by atoms with Crippen LogP contribution in [0.3, 0.4) is 0 Å². The highest BCUT2D eigenvalue weighted by atomic mass is 35.5. The van der Waals surface area contributed by atoms with Gasteiger partial charge in [-0.15, -0.1) is 0 Å². The molecular weight excluding hydrogens is 462 g/mol. The van der Waals surface area contributed by atoms with Crippen LogP contribution in [0.15, 0.2) is 72.8 Å². The lowest BCUT2D eigenvalue weighted by Gasteiger charge is -2.18. The summed E-state index contributed by atoms with van der Waals surface area (Å²) in [5.41, 5.74) is 2.82. The zero-order chi connectivity index (χ0) is 24.2. The number of nitrogens with zero attached hydrogens (tertiary/aromatic N) is 3. The molecule has 180 valence electrons. The van der Waals surface area contributed by atoms with Crippen molar-refractivity contribution in [1.29, 1.82) is 0 Å². The molecule has 3 aromatic carbocycles. The van der Waals surface area contributed by atoms with Gasteiger partial charge in [-0.3, -0.25) is 4.79 Å². The number of aryl methyl sites for hydroxylation is 1. The van der Waals surface area contributed by atoms with Gasteiger partial charge < -0.3 is 18.9 Å². The first-order valence-corrected chi connectivity index (χ1v) is 12.3. The van der Waals surface area contributed by atoms with Crippen LogP contribution in [0.2, 0.25) is 5.02 Å². The fourth-order valence-corrected chi connectivity index (χ4v) is 4.90. The number of hydrogen-bond donors (Lipinski definition) is 0. The van der Waals surface area contributed by atoms with Gasteiger partial charge in [0.05, 0.1) is 35.5 Å². The smallest absolute Gasteiger partial charge is 0.227 e. The fraction of sp³-hybridized carbons (Fsp3) is 0.286. The summed E-state index contributed by atoms with van der Waals surface area (Å²) in [7, 11) is 1.65. The Morgan fingerprint density at radius 3 is 2.51 bits per heavy atom. The first kappa shape index (κ1) is 23.2. The molecule has 6 nitrogen and oxygen atoms in total. The maximum absolute atomic E-state index is 12.9. The minimum atomic E-state index is 0.0155. The molecule has 1 atom stereocenters. The molecule has 5 rings (SSSR count). The topological polar surface area (TPSA) is 56.6 Å². The van der Waals surface area contributed by atoms with Crippen molar-refractivity contribution in [1.82, 2.24) is 9.55 Å². The lowest BCUT2D eigenvalue weighted by molar-refractivity contribution is -0.117. The highest BCUT2D eigenvalue weighted by molar-refractivity contribution is 6.33. The Kier molecular flexibility index (Phi) is 6.91. The number of methoxy groups -OCH3 is 1. The van der Waals surface area contributed by atoms with Crippen LogP contribution in [0.5, 0.6) is 11.5 Å². The zero-order valence-electron chi connectivity index (χ0n) is 19.7. The molecule has 0 radical (unpaired) electrons. The van der Waals surface area contributed by atoms with Crippen molar-refractivity contribution >= 4 is 34.2 Å². The number of anilines is 1. The number of benzene rings is 3. The first-order chi connectivity index (χ1) is 17.1. The minimum Gasteiger partial charge on any atom is -0.497 e. The second kappa shape index (κ2) is 10.4. The molecule has 0 N–H and O–H groups in total. The van der Waals surface area contributed by atoms with E-state index in [4.69, 9.17) is 26.1 Å². The maximum atomic E-state index is 12.9. The second-order valence-corrected chi connectivity index (χ2v) is 9.11. The van der Waals surface area contributed by atoms with E-state index in [9.17, 15) is 4.79 Å². The minimum absolute atomic E-state index is 0.0155. The largest absolute Gasteiger partial charge is 0.497 e. The van der Waals surface area contributed by atoms with E-state index in [2.05, 4.69) is 10.6 Å². The summed E-state index contributed by atoms with van der Waals surface area (Å²) in [6.07, 6.45) is 2.28. The van der Waals surface area contributed by atoms with Gasteiger partial charge >= 0.3 is 0 Å². The van der Waals surface area contributed by atoms with Gasteiger partial charge in [0.25, 0.3) is 0 Å². The Bertz CT molecular complexity index is 1320. The van der Waals surface area contributed by atoms with E-state index in [-0.39, 0.29) is 11.8 Å². The predicted molar refractivity (Wildman–Crippen MR) is 139 cm³/mol. The van der Waals surface area contributed by atoms with Crippen molar-refractivity contribution in [2.24, 2.45) is 0 Å². The van der Waals surface area contributed by atoms with Crippen LogP contribution >= 0.6 is 11.6 Å². The summed E-state index contributed by atoms with van der Waals surface area (Å²) in [5, 5.41) is 0.590. The van der Waals surface area contributed by atoms with Gasteiger partial charge in [-0.2, -0.15) is 0 Å². The number of unbranched alkanes of at least 4 members (excludes halogenated alkanes) is 1. The van der Waals surface area contributed by atoms with E-state index in [0.717, 1.165) is 53.4 Å². The molecule has 2 heterocycles. The van der Waals surface area contributed by atoms with Crippen LogP contribution < -0.4 is 14.4 Å². The highest BCUT2D eigenvalue weighted by Crippen LogP contribution is 2.36. The van der Waals surface area contributed by atoms with Crippen LogP contribution in [0.1, 0.15) is 31.0 Å². The van der Waals surface area contributed by atoms with E-state index >= 15 is 0 Å². The molecule has 0 unspecified atom stereocenters. The van der Waals surface area contributed by atoms with Crippen LogP contribution in [-0.2, 0) is 11.3 Å². The standard InChI is InChI=1S/C28H28ClN3O3/c1-34-21-12-14-22(15-13-21)35-17-7-6-16-31-26-11-5-3-9-24(26)30-28(31)20-18-27(33)32(19-20)25-10-4-2-8-23(25)29/h2-5,8-15,20H,6-7,16-19H2,1H3/t20-/m0/s1. The van der Waals surface area contributed by atoms with E-state index in [1.807, 2.05) is 66.7 Å². The summed E-state index contributed by atoms with van der Waals surface area (Å²) in [6.45, 7) is 2.03. The molecule has 1 saturated heterocycles. The van der Waals surface area contributed by atoms with Crippen molar-refractivity contribution in [3.63, 3.8) is 0 Å². The average Bonchev–Trinajstić information content (AvgIpc) is 3.45. The number of halogens is 1. The van der Waals surface area contributed by atoms with Crippen molar-refractivity contribution < 1.29 is 14.3 Å². The van der Waals surface area contributed by atoms with Gasteiger partial charge in [0.1, 0.15) is 17.3 Å². The molecule has 1 aliphatic heterocycles. The van der Waals surface area contributed by atoms with Crippen LogP contribution in [0.25, 0.3) is 11.0 Å². The summed E-state index contributed by atoms with van der Waals surface area (Å²) >= 11 is 6.38. The van der Waals surface area contributed by atoms with Crippen LogP contribution in [0, 0.1) is 0 Å². The van der Waals surface area contributed by atoms with Crippen molar-refractivity contribution in [2.45, 2.75) is 31.7 Å². The predicted octanol–water partition coefficient (Wildman–Crippen LogP) is 6.08. The lowest BCUT2D eigenvalue weighted by atomic mass is 10.1. The number of fused-ring (bicyclic) bond motifs is 1. The molecule has 1 aliphatic rings. The molecule has 0 spiro atoms. The molecule has 0 saturated carbocycles. The van der Waals surface area contributed by atoms with Crippen LogP contribution in [-0.4, -0.2) is 35.7 Å². The maximum Gasteiger partial charge on any atom is 0.227 e. The Labute approximate surface area is 210 Å². The van der Waals surface area contributed by atoms with Gasteiger partial charge in [-0.05, 0) is 61.4 Å². The number of imidazole rings is 1. The third kappa shape index (κ3) is 4.98. The number of rotatable bonds is 9. The monoisotopic (exact) mass is 489 g/mol. The third-order valence-corrected chi connectivity index (χ3v) is 6.74. The van der Waals surface area contributed by atoms with E-state index in [0.29, 0.717) is 24.6 Å². The Balaban J connectivity index is 1.28. The Hall–Kier alpha value is -3.51. The number of aromatic nitrogens is 2. The fourth-order valence-electron chi connectivity index (χ4n) is 4.66. The number of para-hydroxylation sites is 3. The van der Waals surface area contributed by atoms with E-state index in [1.54, 1.807) is 12.0 Å². The molecule has 0 aliphatic carbocycles. The highest BCUT2D eigenvalue weighted by Gasteiger charge is 2.35. The summed E-state index contributed by atoms with van der Waals surface area (Å²) in [4.78, 5) is 19.7. The van der Waals surface area contributed by atoms with E-state index < -0.39 is 0 Å². The number of hydrogen-bond acceptors (Lipinski definition) is 4. The molecule has 7 heteroatoms. The van der Waals surface area contributed by atoms with Crippen LogP contribution in [0.4, 0.5) is 5.69 Å². The molecule has 0 bridgehead atoms. The van der Waals surface area contributed by atoms with Gasteiger partial charge in [-0.25, -0.2) is 4.98 Å². The molecule has 1 amide bonds. The zero-order valence-corrected chi connectivity index (χ0v) is 20.4. The quantitative estimate of drug-likeness (QED) is 0.267. The van der Waals surface area contributed by atoms with Gasteiger partial charge in [0.2, 0.25) is 5.91 Å². The molecule has 1 aromatic heterocycles. The first-order valence-electron chi connectivity index (χ1n) is 11.9. The SMILES string of the molecule is COc1ccc(OCCCCn2c([C@H]3CC(=O)N(c4ccccc4Cl)C3)nc3ccccc32)cc1. The lowest BCUT2D eigenvalue weighted by Crippen LogP contribution is -2.24. The molecular formula is C28H28ClN3O3. The number of carbonyl (C=O) groups is 1. The molecule has 35 heavy (non-hydrogen) atoms. The second-order valence-electron chi connectivity index (χ2n) is 8.70. The number of amides is 1. The van der Waals surface area contributed by atoms with Crippen molar-refractivity contribution in [3.05, 3.63) is 83.6 Å². The Morgan fingerprint density at radius 1 is 0.971 bits per heavy atom. The van der Waals surface area contributed by atoms with Crippen molar-refractivity contribution in [2.75, 3.05) is 25.2 Å². The van der Waals surface area contributed by atoms with Gasteiger partial charge in [0.15, 0.2) is 0 Å². The average molecular weight is 490 g/mol.